The van der Waals surface area contributed by atoms with Gasteiger partial charge in [-0.25, -0.2) is 0 Å². The first-order valence-corrected chi connectivity index (χ1v) is 2.00. The third-order valence-electron chi connectivity index (χ3n) is 0. The van der Waals surface area contributed by atoms with Crippen LogP contribution in [-0.4, -0.2) is 57.7 Å². The van der Waals surface area contributed by atoms with Gasteiger partial charge in [0.1, 0.15) is 0 Å². The van der Waals surface area contributed by atoms with Crippen molar-refractivity contribution in [2.75, 3.05) is 0 Å². The Morgan fingerprint density at radius 1 is 1.00 bits per heavy atom. The maximum absolute atomic E-state index is 8.52. The molecule has 0 spiro atoms. The third kappa shape index (κ3) is 299. The summed E-state index contributed by atoms with van der Waals surface area (Å²) in [7, 11) is -5.17. The molecule has 0 atom stereocenters. The van der Waals surface area contributed by atoms with Gasteiger partial charge in [-0.3, -0.25) is 8.42 Å². The maximum atomic E-state index is 8.52. The van der Waals surface area contributed by atoms with Crippen molar-refractivity contribution in [2.24, 2.45) is 0 Å². The van der Waals surface area contributed by atoms with Crippen molar-refractivity contribution in [3.8, 4) is 0 Å². The number of hydrogen-bond donors (Lipinski definition) is 0. The van der Waals surface area contributed by atoms with E-state index in [-0.39, 0.29) is 40.2 Å². The second-order valence-corrected chi connectivity index (χ2v) is 1.22. The molecular formula is HAl2O5S+3. The molecule has 0 unspecified atom stereocenters. The summed E-state index contributed by atoms with van der Waals surface area (Å²) in [5, 5.41) is 0. The van der Waals surface area contributed by atoms with Crippen LogP contribution in [0.15, 0.2) is 0 Å². The summed E-state index contributed by atoms with van der Waals surface area (Å²) in [4.78, 5) is 0. The average Bonchev–Trinajstić information content (AvgIpc) is 0.722. The molecule has 0 radical (unpaired) electrons. The Balaban J connectivity index is -0.0000000267. The monoisotopic (exact) mass is 167 g/mol. The Hall–Kier alpha value is 0.895. The van der Waals surface area contributed by atoms with Gasteiger partial charge in [-0.1, -0.05) is 0 Å². The first kappa shape index (κ1) is 23.1. The van der Waals surface area contributed by atoms with Crippen LogP contribution < -0.4 is 0 Å². The molecule has 1 N–H and O–H groups in total. The minimum absolute atomic E-state index is 0. The van der Waals surface area contributed by atoms with Crippen LogP contribution in [-0.2, 0) is 10.4 Å². The normalized spacial score (nSPS) is 7.25. The van der Waals surface area contributed by atoms with Crippen LogP contribution >= 0.6 is 0 Å². The number of hydrogen-bond acceptors (Lipinski definition) is 5. The summed E-state index contributed by atoms with van der Waals surface area (Å²) in [6, 6.07) is 0. The average molecular weight is 167 g/mol. The van der Waals surface area contributed by atoms with Crippen LogP contribution in [0.3, 0.4) is 0 Å². The molecule has 8 heteroatoms. The van der Waals surface area contributed by atoms with Gasteiger partial charge in [0.15, 0.2) is 0 Å². The summed E-state index contributed by atoms with van der Waals surface area (Å²) in [6.45, 7) is 0. The van der Waals surface area contributed by atoms with Gasteiger partial charge in [-0.15, -0.1) is 0 Å². The van der Waals surface area contributed by atoms with E-state index in [1.54, 1.807) is 0 Å². The van der Waals surface area contributed by atoms with Crippen molar-refractivity contribution in [3.63, 3.8) is 0 Å². The summed E-state index contributed by atoms with van der Waals surface area (Å²) in [5.74, 6) is 0. The molecule has 8 heavy (non-hydrogen) atoms. The van der Waals surface area contributed by atoms with Crippen LogP contribution in [0.25, 0.3) is 0 Å². The van der Waals surface area contributed by atoms with Crippen molar-refractivity contribution in [3.05, 3.63) is 0 Å². The second kappa shape index (κ2) is 7.89. The molecular weight excluding hydrogens is 166 g/mol. The Morgan fingerprint density at radius 3 is 1.00 bits per heavy atom. The predicted octanol–water partition coefficient (Wildman–Crippen LogP) is -2.28. The zero-order valence-corrected chi connectivity index (χ0v) is 6.77. The summed E-state index contributed by atoms with van der Waals surface area (Å²) >= 11 is 0. The van der Waals surface area contributed by atoms with Crippen molar-refractivity contribution in [2.45, 2.75) is 0 Å². The standard InChI is InChI=1S/2Al.H2O4S.H2O/c;;1-5(2,3)4;/h;;(H2,1,2,3,4);1H2/q2*+3;;/p-3. The maximum Gasteiger partial charge on any atom is 3.00 e. The van der Waals surface area contributed by atoms with E-state index < -0.39 is 10.4 Å². The fraction of sp³-hybridized carbons (Fsp3) is 0. The van der Waals surface area contributed by atoms with E-state index in [2.05, 4.69) is 0 Å². The van der Waals surface area contributed by atoms with Gasteiger partial charge in [-0.05, 0) is 0 Å². The van der Waals surface area contributed by atoms with Crippen LogP contribution in [0.2, 0.25) is 0 Å². The van der Waals surface area contributed by atoms with Gasteiger partial charge >= 0.3 is 34.7 Å². The smallest absolute Gasteiger partial charge is 0.870 e. The van der Waals surface area contributed by atoms with Gasteiger partial charge in [0, 0.05) is 10.4 Å². The first-order valence-electron chi connectivity index (χ1n) is 0.667. The minimum atomic E-state index is -5.17. The predicted molar refractivity (Wildman–Crippen MR) is 23.9 cm³/mol. The molecule has 0 heterocycles. The topological polar surface area (TPSA) is 110 Å². The zero-order valence-electron chi connectivity index (χ0n) is 3.64. The molecule has 0 aliphatic rings. The van der Waals surface area contributed by atoms with Gasteiger partial charge in [0.05, 0.1) is 0 Å². The van der Waals surface area contributed by atoms with E-state index in [4.69, 9.17) is 17.5 Å². The molecule has 0 rings (SSSR count). The van der Waals surface area contributed by atoms with Crippen LogP contribution in [0.1, 0.15) is 0 Å². The molecule has 0 aromatic carbocycles. The third-order valence-corrected chi connectivity index (χ3v) is 0. The van der Waals surface area contributed by atoms with E-state index >= 15 is 0 Å². The molecule has 0 aromatic rings. The summed E-state index contributed by atoms with van der Waals surface area (Å²) < 4.78 is 34.1. The van der Waals surface area contributed by atoms with Crippen molar-refractivity contribution in [1.29, 1.82) is 0 Å². The zero-order chi connectivity index (χ0) is 4.50. The molecule has 0 saturated carbocycles. The van der Waals surface area contributed by atoms with E-state index in [1.165, 1.54) is 0 Å². The van der Waals surface area contributed by atoms with Gasteiger partial charge < -0.3 is 14.6 Å². The molecule has 0 aromatic heterocycles. The van der Waals surface area contributed by atoms with Gasteiger partial charge in [-0.2, -0.15) is 0 Å². The molecule has 0 bridgehead atoms. The molecule has 0 fully saturated rings. The summed E-state index contributed by atoms with van der Waals surface area (Å²) in [6.07, 6.45) is 0. The van der Waals surface area contributed by atoms with Crippen molar-refractivity contribution >= 4 is 45.1 Å². The fourth-order valence-electron chi connectivity index (χ4n) is 0. The Labute approximate surface area is 68.2 Å². The molecule has 0 saturated heterocycles. The molecule has 0 aliphatic carbocycles. The Kier molecular flexibility index (Phi) is 22.8. The van der Waals surface area contributed by atoms with Crippen LogP contribution in [0.5, 0.6) is 0 Å². The quantitative estimate of drug-likeness (QED) is 0.229. The van der Waals surface area contributed by atoms with E-state index in [0.29, 0.717) is 0 Å². The Morgan fingerprint density at radius 2 is 1.00 bits per heavy atom. The van der Waals surface area contributed by atoms with Crippen LogP contribution in [0.4, 0.5) is 0 Å². The van der Waals surface area contributed by atoms with Gasteiger partial charge in [0.25, 0.3) is 0 Å². The number of rotatable bonds is 0. The van der Waals surface area contributed by atoms with Crippen molar-refractivity contribution in [1.82, 2.24) is 0 Å². The molecule has 40 valence electrons. The first-order chi connectivity index (χ1) is 2.00. The SMILES string of the molecule is O=S(=O)([O-])[O-].[Al+3].[Al+3].[OH-]. The Bertz CT molecular complexity index is 93.6. The van der Waals surface area contributed by atoms with E-state index in [0.717, 1.165) is 0 Å². The largest absolute Gasteiger partial charge is 3.00 e. The minimum Gasteiger partial charge on any atom is -0.870 e. The fourth-order valence-corrected chi connectivity index (χ4v) is 0. The second-order valence-electron chi connectivity index (χ2n) is 0.408. The van der Waals surface area contributed by atoms with E-state index in [1.807, 2.05) is 0 Å². The van der Waals surface area contributed by atoms with Gasteiger partial charge in [0.2, 0.25) is 0 Å². The van der Waals surface area contributed by atoms with E-state index in [9.17, 15) is 0 Å². The van der Waals surface area contributed by atoms with Crippen molar-refractivity contribution < 1.29 is 23.0 Å². The molecule has 0 aliphatic heterocycles. The van der Waals surface area contributed by atoms with Crippen LogP contribution in [0, 0.1) is 0 Å². The molecule has 5 nitrogen and oxygen atoms in total. The summed E-state index contributed by atoms with van der Waals surface area (Å²) in [5.41, 5.74) is 0. The molecule has 0 amide bonds.